The van der Waals surface area contributed by atoms with Gasteiger partial charge in [-0.2, -0.15) is 0 Å². The lowest BCUT2D eigenvalue weighted by Gasteiger charge is -2.12. The summed E-state index contributed by atoms with van der Waals surface area (Å²) in [7, 11) is -2.43. The number of hydrogen-bond acceptors (Lipinski definition) is 4. The molecule has 0 bridgehead atoms. The molecular formula is C11H13FO4S. The minimum Gasteiger partial charge on any atom is -0.465 e. The van der Waals surface area contributed by atoms with Gasteiger partial charge in [0.25, 0.3) is 0 Å². The molecule has 0 fully saturated rings. The molecule has 0 unspecified atom stereocenters. The number of carbonyl (C=O) groups excluding carboxylic acids is 1. The molecule has 94 valence electrons. The van der Waals surface area contributed by atoms with Crippen molar-refractivity contribution in [2.45, 2.75) is 18.5 Å². The quantitative estimate of drug-likeness (QED) is 0.775. The minimum absolute atomic E-state index is 0.0546. The zero-order chi connectivity index (χ0) is 13.2. The molecule has 1 rings (SSSR count). The van der Waals surface area contributed by atoms with Crippen LogP contribution in [-0.4, -0.2) is 27.8 Å². The molecule has 0 heterocycles. The maximum absolute atomic E-state index is 13.0. The van der Waals surface area contributed by atoms with Crippen LogP contribution in [-0.2, 0) is 21.2 Å². The van der Waals surface area contributed by atoms with Crippen molar-refractivity contribution in [3.8, 4) is 0 Å². The van der Waals surface area contributed by atoms with E-state index in [1.807, 2.05) is 0 Å². The molecule has 0 amide bonds. The van der Waals surface area contributed by atoms with Crippen LogP contribution in [0.4, 0.5) is 4.39 Å². The number of esters is 1. The zero-order valence-corrected chi connectivity index (χ0v) is 10.6. The van der Waals surface area contributed by atoms with E-state index in [-0.39, 0.29) is 16.0 Å². The van der Waals surface area contributed by atoms with Gasteiger partial charge >= 0.3 is 5.97 Å². The molecule has 0 aliphatic carbocycles. The molecule has 0 aliphatic heterocycles. The second-order valence-electron chi connectivity index (χ2n) is 3.64. The van der Waals surface area contributed by atoms with E-state index < -0.39 is 22.5 Å². The van der Waals surface area contributed by atoms with E-state index in [2.05, 4.69) is 4.74 Å². The Bertz CT molecular complexity index is 549. The van der Waals surface area contributed by atoms with Gasteiger partial charge in [0, 0.05) is 11.8 Å². The lowest BCUT2D eigenvalue weighted by Crippen LogP contribution is -2.12. The van der Waals surface area contributed by atoms with Crippen LogP contribution in [0.1, 0.15) is 21.5 Å². The third-order valence-corrected chi connectivity index (χ3v) is 3.68. The van der Waals surface area contributed by atoms with Crippen LogP contribution in [0.15, 0.2) is 17.0 Å². The van der Waals surface area contributed by atoms with Crippen LogP contribution in [0.5, 0.6) is 0 Å². The SMILES string of the molecule is COC(=O)c1ccc(C)c(S(C)(=O)=O)c1CF. The summed E-state index contributed by atoms with van der Waals surface area (Å²) in [5, 5.41) is 0. The second kappa shape index (κ2) is 4.83. The third-order valence-electron chi connectivity index (χ3n) is 2.37. The van der Waals surface area contributed by atoms with Crippen molar-refractivity contribution in [2.75, 3.05) is 13.4 Å². The number of carbonyl (C=O) groups is 1. The maximum atomic E-state index is 13.0. The number of alkyl halides is 1. The lowest BCUT2D eigenvalue weighted by molar-refractivity contribution is 0.0598. The number of methoxy groups -OCH3 is 1. The van der Waals surface area contributed by atoms with Gasteiger partial charge < -0.3 is 4.74 Å². The summed E-state index contributed by atoms with van der Waals surface area (Å²) in [6.07, 6.45) is 0.982. The number of hydrogen-bond donors (Lipinski definition) is 0. The molecule has 0 radical (unpaired) electrons. The Hall–Kier alpha value is -1.43. The van der Waals surface area contributed by atoms with E-state index in [4.69, 9.17) is 0 Å². The van der Waals surface area contributed by atoms with Gasteiger partial charge in [-0.1, -0.05) is 6.07 Å². The first-order valence-corrected chi connectivity index (χ1v) is 6.69. The first kappa shape index (κ1) is 13.6. The summed E-state index contributed by atoms with van der Waals surface area (Å²) in [5.74, 6) is -0.748. The largest absolute Gasteiger partial charge is 0.465 e. The number of rotatable bonds is 3. The molecular weight excluding hydrogens is 247 g/mol. The van der Waals surface area contributed by atoms with Crippen molar-refractivity contribution >= 4 is 15.8 Å². The van der Waals surface area contributed by atoms with Crippen LogP contribution in [0.25, 0.3) is 0 Å². The maximum Gasteiger partial charge on any atom is 0.338 e. The first-order chi connectivity index (χ1) is 7.82. The summed E-state index contributed by atoms with van der Waals surface area (Å²) in [5.41, 5.74) is 0.216. The molecule has 0 saturated carbocycles. The van der Waals surface area contributed by atoms with Crippen molar-refractivity contribution in [3.05, 3.63) is 28.8 Å². The van der Waals surface area contributed by atoms with Crippen LogP contribution in [0.3, 0.4) is 0 Å². The van der Waals surface area contributed by atoms with Gasteiger partial charge in [0.15, 0.2) is 9.84 Å². The highest BCUT2D eigenvalue weighted by molar-refractivity contribution is 7.90. The van der Waals surface area contributed by atoms with E-state index in [0.29, 0.717) is 5.56 Å². The Morgan fingerprint density at radius 2 is 2.00 bits per heavy atom. The number of halogens is 1. The van der Waals surface area contributed by atoms with Gasteiger partial charge in [0.1, 0.15) is 6.67 Å². The molecule has 0 saturated heterocycles. The Labute approximate surface area is 99.3 Å². The van der Waals surface area contributed by atoms with Crippen LogP contribution < -0.4 is 0 Å². The smallest absolute Gasteiger partial charge is 0.338 e. The number of sulfone groups is 1. The zero-order valence-electron chi connectivity index (χ0n) is 9.78. The fraction of sp³-hybridized carbons (Fsp3) is 0.364. The van der Waals surface area contributed by atoms with Crippen molar-refractivity contribution < 1.29 is 22.3 Å². The summed E-state index contributed by atoms with van der Waals surface area (Å²) >= 11 is 0. The van der Waals surface area contributed by atoms with Crippen LogP contribution in [0.2, 0.25) is 0 Å². The van der Waals surface area contributed by atoms with E-state index >= 15 is 0 Å². The van der Waals surface area contributed by atoms with Gasteiger partial charge in [-0.3, -0.25) is 0 Å². The monoisotopic (exact) mass is 260 g/mol. The Balaban J connectivity index is 3.65. The second-order valence-corrected chi connectivity index (χ2v) is 5.59. The van der Waals surface area contributed by atoms with Crippen molar-refractivity contribution in [3.63, 3.8) is 0 Å². The fourth-order valence-corrected chi connectivity index (χ4v) is 2.96. The highest BCUT2D eigenvalue weighted by atomic mass is 32.2. The van der Waals surface area contributed by atoms with Crippen LogP contribution in [0, 0.1) is 6.92 Å². The molecule has 4 nitrogen and oxygen atoms in total. The highest BCUT2D eigenvalue weighted by Crippen LogP contribution is 2.25. The molecule has 6 heteroatoms. The molecule has 17 heavy (non-hydrogen) atoms. The summed E-state index contributed by atoms with van der Waals surface area (Å²) in [6, 6.07) is 2.83. The molecule has 1 aromatic carbocycles. The number of ether oxygens (including phenoxy) is 1. The molecule has 0 aliphatic rings. The predicted octanol–water partition coefficient (Wildman–Crippen LogP) is 1.65. The van der Waals surface area contributed by atoms with E-state index in [9.17, 15) is 17.6 Å². The van der Waals surface area contributed by atoms with E-state index in [0.717, 1.165) is 13.4 Å². The van der Waals surface area contributed by atoms with Crippen molar-refractivity contribution in [2.24, 2.45) is 0 Å². The Kier molecular flexibility index (Phi) is 3.87. The first-order valence-electron chi connectivity index (χ1n) is 4.79. The standard InChI is InChI=1S/C11H13FO4S/c1-7-4-5-8(11(13)16-2)9(6-12)10(7)17(3,14)15/h4-5H,6H2,1-3H3. The average Bonchev–Trinajstić information content (AvgIpc) is 2.25. The predicted molar refractivity (Wildman–Crippen MR) is 60.4 cm³/mol. The van der Waals surface area contributed by atoms with Gasteiger partial charge in [-0.05, 0) is 18.6 Å². The van der Waals surface area contributed by atoms with Crippen LogP contribution >= 0.6 is 0 Å². The summed E-state index contributed by atoms with van der Waals surface area (Å²) < 4.78 is 40.6. The molecule has 0 spiro atoms. The summed E-state index contributed by atoms with van der Waals surface area (Å²) in [6.45, 7) is 0.519. The van der Waals surface area contributed by atoms with Gasteiger partial charge in [-0.15, -0.1) is 0 Å². The minimum atomic E-state index is -3.59. The molecule has 0 N–H and O–H groups in total. The molecule has 0 aromatic heterocycles. The van der Waals surface area contributed by atoms with Gasteiger partial charge in [0.2, 0.25) is 0 Å². The Morgan fingerprint density at radius 1 is 1.41 bits per heavy atom. The molecule has 0 atom stereocenters. The molecule has 1 aromatic rings. The normalized spacial score (nSPS) is 11.3. The van der Waals surface area contributed by atoms with E-state index in [1.54, 1.807) is 6.92 Å². The average molecular weight is 260 g/mol. The van der Waals surface area contributed by atoms with Crippen molar-refractivity contribution in [1.82, 2.24) is 0 Å². The van der Waals surface area contributed by atoms with Gasteiger partial charge in [-0.25, -0.2) is 17.6 Å². The fourth-order valence-electron chi connectivity index (χ4n) is 1.70. The van der Waals surface area contributed by atoms with E-state index in [1.165, 1.54) is 12.1 Å². The topological polar surface area (TPSA) is 60.4 Å². The Morgan fingerprint density at radius 3 is 2.41 bits per heavy atom. The van der Waals surface area contributed by atoms with Gasteiger partial charge in [0.05, 0.1) is 17.6 Å². The number of aryl methyl sites for hydroxylation is 1. The third kappa shape index (κ3) is 2.63. The highest BCUT2D eigenvalue weighted by Gasteiger charge is 2.22. The summed E-state index contributed by atoms with van der Waals surface area (Å²) in [4.78, 5) is 11.3. The van der Waals surface area contributed by atoms with Crippen molar-refractivity contribution in [1.29, 1.82) is 0 Å². The lowest BCUT2D eigenvalue weighted by atomic mass is 10.1. The number of benzene rings is 1.